The second kappa shape index (κ2) is 6.01. The second-order valence-electron chi connectivity index (χ2n) is 6.28. The van der Waals surface area contributed by atoms with Crippen LogP contribution in [0, 0.1) is 20.8 Å². The Morgan fingerprint density at radius 1 is 1.17 bits per heavy atom. The van der Waals surface area contributed by atoms with Gasteiger partial charge in [-0.3, -0.25) is 9.69 Å². The minimum absolute atomic E-state index is 0.117. The summed E-state index contributed by atoms with van der Waals surface area (Å²) in [6, 6.07) is 6.21. The molecule has 2 aromatic heterocycles. The van der Waals surface area contributed by atoms with Gasteiger partial charge in [-0.05, 0) is 45.5 Å². The highest BCUT2D eigenvalue weighted by Gasteiger charge is 2.10. The molecule has 0 saturated carbocycles. The highest BCUT2D eigenvalue weighted by atomic mass is 16.1. The van der Waals surface area contributed by atoms with Crippen LogP contribution in [-0.4, -0.2) is 26.9 Å². The molecule has 0 fully saturated rings. The number of benzene rings is 1. The third kappa shape index (κ3) is 3.19. The largest absolute Gasteiger partial charge is 0.363 e. The van der Waals surface area contributed by atoms with Gasteiger partial charge in [0, 0.05) is 29.6 Å². The standard InChI is InChI=1S/C18H22N4O/c1-11-5-6-14-15(7-11)21-17(20-14)10-22(4)9-16-13(3)18(23)12(2)8-19-16/h5-8H,9-10H2,1-4H3,(H,19,23)(H,20,21). The van der Waals surface area contributed by atoms with Gasteiger partial charge in [-0.15, -0.1) is 0 Å². The summed E-state index contributed by atoms with van der Waals surface area (Å²) in [6.45, 7) is 7.15. The Morgan fingerprint density at radius 3 is 2.74 bits per heavy atom. The van der Waals surface area contributed by atoms with Crippen LogP contribution in [0.15, 0.2) is 29.2 Å². The summed E-state index contributed by atoms with van der Waals surface area (Å²) in [6.07, 6.45) is 1.78. The van der Waals surface area contributed by atoms with Crippen LogP contribution in [0.1, 0.15) is 28.2 Å². The maximum Gasteiger partial charge on any atom is 0.187 e. The lowest BCUT2D eigenvalue weighted by Gasteiger charge is -2.16. The van der Waals surface area contributed by atoms with E-state index in [1.165, 1.54) is 5.56 Å². The molecular weight excluding hydrogens is 288 g/mol. The van der Waals surface area contributed by atoms with E-state index < -0.39 is 0 Å². The van der Waals surface area contributed by atoms with Crippen LogP contribution < -0.4 is 5.43 Å². The zero-order chi connectivity index (χ0) is 16.6. The van der Waals surface area contributed by atoms with Gasteiger partial charge in [-0.25, -0.2) is 4.98 Å². The number of aryl methyl sites for hydroxylation is 2. The fraction of sp³-hybridized carbons (Fsp3) is 0.333. The summed E-state index contributed by atoms with van der Waals surface area (Å²) in [5.74, 6) is 0.931. The van der Waals surface area contributed by atoms with Crippen LogP contribution in [0.5, 0.6) is 0 Å². The molecule has 0 atom stereocenters. The Labute approximate surface area is 135 Å². The molecule has 0 unspecified atom stereocenters. The number of H-pyrrole nitrogens is 2. The number of fused-ring (bicyclic) bond motifs is 1. The van der Waals surface area contributed by atoms with Crippen LogP contribution in [0.4, 0.5) is 0 Å². The summed E-state index contributed by atoms with van der Waals surface area (Å²) in [4.78, 5) is 25.4. The monoisotopic (exact) mass is 310 g/mol. The third-order valence-electron chi connectivity index (χ3n) is 4.15. The van der Waals surface area contributed by atoms with Crippen molar-refractivity contribution in [2.24, 2.45) is 0 Å². The SMILES string of the molecule is Cc1ccc2nc(CN(C)Cc3[nH]cc(C)c(=O)c3C)[nH]c2c1. The number of pyridine rings is 1. The molecule has 0 aliphatic carbocycles. The van der Waals surface area contributed by atoms with Crippen molar-refractivity contribution >= 4 is 11.0 Å². The van der Waals surface area contributed by atoms with E-state index >= 15 is 0 Å². The van der Waals surface area contributed by atoms with Gasteiger partial charge in [-0.2, -0.15) is 0 Å². The van der Waals surface area contributed by atoms with Gasteiger partial charge in [0.25, 0.3) is 0 Å². The lowest BCUT2D eigenvalue weighted by Crippen LogP contribution is -2.22. The van der Waals surface area contributed by atoms with Crippen molar-refractivity contribution in [3.63, 3.8) is 0 Å². The molecule has 0 bridgehead atoms. The normalized spacial score (nSPS) is 11.5. The Morgan fingerprint density at radius 2 is 1.96 bits per heavy atom. The molecule has 3 rings (SSSR count). The van der Waals surface area contributed by atoms with Gasteiger partial charge in [0.1, 0.15) is 5.82 Å². The van der Waals surface area contributed by atoms with Crippen LogP contribution in [0.25, 0.3) is 11.0 Å². The van der Waals surface area contributed by atoms with Crippen molar-refractivity contribution in [2.75, 3.05) is 7.05 Å². The fourth-order valence-electron chi connectivity index (χ4n) is 2.80. The van der Waals surface area contributed by atoms with Gasteiger partial charge in [0.2, 0.25) is 0 Å². The molecule has 5 nitrogen and oxygen atoms in total. The Bertz CT molecular complexity index is 907. The predicted octanol–water partition coefficient (Wildman–Crippen LogP) is 2.81. The third-order valence-corrected chi connectivity index (χ3v) is 4.15. The van der Waals surface area contributed by atoms with E-state index in [1.807, 2.05) is 27.0 Å². The van der Waals surface area contributed by atoms with Crippen LogP contribution in [-0.2, 0) is 13.1 Å². The molecule has 0 aliphatic heterocycles. The van der Waals surface area contributed by atoms with Crippen LogP contribution in [0.3, 0.4) is 0 Å². The number of aromatic nitrogens is 3. The number of rotatable bonds is 4. The highest BCUT2D eigenvalue weighted by Crippen LogP contribution is 2.14. The summed E-state index contributed by atoms with van der Waals surface area (Å²) >= 11 is 0. The molecule has 120 valence electrons. The van der Waals surface area contributed by atoms with Crippen LogP contribution in [0.2, 0.25) is 0 Å². The van der Waals surface area contributed by atoms with Crippen molar-refractivity contribution < 1.29 is 0 Å². The zero-order valence-electron chi connectivity index (χ0n) is 14.0. The number of aromatic amines is 2. The van der Waals surface area contributed by atoms with E-state index in [2.05, 4.69) is 38.9 Å². The quantitative estimate of drug-likeness (QED) is 0.779. The lowest BCUT2D eigenvalue weighted by molar-refractivity contribution is 0.307. The van der Waals surface area contributed by atoms with E-state index in [1.54, 1.807) is 6.20 Å². The first kappa shape index (κ1) is 15.5. The van der Waals surface area contributed by atoms with Gasteiger partial charge in [0.15, 0.2) is 5.43 Å². The summed E-state index contributed by atoms with van der Waals surface area (Å²) < 4.78 is 0. The van der Waals surface area contributed by atoms with Crippen molar-refractivity contribution in [2.45, 2.75) is 33.9 Å². The van der Waals surface area contributed by atoms with E-state index in [0.29, 0.717) is 13.1 Å². The number of imidazole rings is 1. The van der Waals surface area contributed by atoms with E-state index in [0.717, 1.165) is 33.7 Å². The number of nitrogens with zero attached hydrogens (tertiary/aromatic N) is 2. The first-order valence-corrected chi connectivity index (χ1v) is 7.75. The van der Waals surface area contributed by atoms with Gasteiger partial charge in [0.05, 0.1) is 17.6 Å². The van der Waals surface area contributed by atoms with Crippen molar-refractivity contribution in [1.82, 2.24) is 19.9 Å². The molecule has 23 heavy (non-hydrogen) atoms. The molecule has 0 radical (unpaired) electrons. The molecule has 1 aromatic carbocycles. The average Bonchev–Trinajstić information content (AvgIpc) is 2.89. The summed E-state index contributed by atoms with van der Waals surface area (Å²) in [5.41, 5.74) is 5.88. The van der Waals surface area contributed by atoms with E-state index in [-0.39, 0.29) is 5.43 Å². The highest BCUT2D eigenvalue weighted by molar-refractivity contribution is 5.75. The smallest absolute Gasteiger partial charge is 0.187 e. The molecule has 5 heteroatoms. The number of hydrogen-bond donors (Lipinski definition) is 2. The van der Waals surface area contributed by atoms with Crippen molar-refractivity contribution in [3.8, 4) is 0 Å². The first-order valence-electron chi connectivity index (χ1n) is 7.75. The summed E-state index contributed by atoms with van der Waals surface area (Å²) in [5, 5.41) is 0. The minimum atomic E-state index is 0.117. The van der Waals surface area contributed by atoms with Gasteiger partial charge in [-0.1, -0.05) is 6.07 Å². The molecule has 0 amide bonds. The lowest BCUT2D eigenvalue weighted by atomic mass is 10.1. The molecule has 0 saturated heterocycles. The Kier molecular flexibility index (Phi) is 4.05. The molecule has 0 spiro atoms. The van der Waals surface area contributed by atoms with Gasteiger partial charge >= 0.3 is 0 Å². The minimum Gasteiger partial charge on any atom is -0.363 e. The molecular formula is C18H22N4O. The second-order valence-corrected chi connectivity index (χ2v) is 6.28. The molecule has 2 N–H and O–H groups in total. The molecule has 3 aromatic rings. The fourth-order valence-corrected chi connectivity index (χ4v) is 2.80. The Hall–Kier alpha value is -2.40. The van der Waals surface area contributed by atoms with Crippen molar-refractivity contribution in [3.05, 3.63) is 62.8 Å². The maximum absolute atomic E-state index is 12.0. The van der Waals surface area contributed by atoms with E-state index in [9.17, 15) is 4.79 Å². The summed E-state index contributed by atoms with van der Waals surface area (Å²) in [7, 11) is 2.02. The van der Waals surface area contributed by atoms with E-state index in [4.69, 9.17) is 0 Å². The van der Waals surface area contributed by atoms with Crippen molar-refractivity contribution in [1.29, 1.82) is 0 Å². The maximum atomic E-state index is 12.0. The van der Waals surface area contributed by atoms with Crippen LogP contribution >= 0.6 is 0 Å². The Balaban J connectivity index is 1.77. The first-order chi connectivity index (χ1) is 10.9. The zero-order valence-corrected chi connectivity index (χ0v) is 14.0. The molecule has 2 heterocycles. The topological polar surface area (TPSA) is 64.8 Å². The number of nitrogens with one attached hydrogen (secondary N) is 2. The molecule has 0 aliphatic rings. The average molecular weight is 310 g/mol. The van der Waals surface area contributed by atoms with Gasteiger partial charge < -0.3 is 9.97 Å². The number of hydrogen-bond acceptors (Lipinski definition) is 3. The predicted molar refractivity (Wildman–Crippen MR) is 92.5 cm³/mol.